The van der Waals surface area contributed by atoms with Crippen molar-refractivity contribution >= 4 is 17.4 Å². The van der Waals surface area contributed by atoms with Crippen LogP contribution < -0.4 is 0 Å². The van der Waals surface area contributed by atoms with E-state index in [1.807, 2.05) is 0 Å². The van der Waals surface area contributed by atoms with Gasteiger partial charge in [0.05, 0.1) is 0 Å². The van der Waals surface area contributed by atoms with Crippen molar-refractivity contribution in [2.24, 2.45) is 5.92 Å². The van der Waals surface area contributed by atoms with Gasteiger partial charge in [-0.25, -0.2) is 4.39 Å². The SMILES string of the molecule is O=C(Cc1ccc(F)cc1Cl)CC1CC1. The minimum atomic E-state index is -0.363. The standard InChI is InChI=1S/C12H12ClFO/c13-12-7-10(14)4-3-9(12)6-11(15)5-8-1-2-8/h3-4,7-8H,1-2,5-6H2. The molecule has 80 valence electrons. The molecule has 0 radical (unpaired) electrons. The zero-order valence-corrected chi connectivity index (χ0v) is 9.06. The molecule has 1 saturated carbocycles. The number of hydrogen-bond acceptors (Lipinski definition) is 1. The van der Waals surface area contributed by atoms with Crippen molar-refractivity contribution in [2.75, 3.05) is 0 Å². The summed E-state index contributed by atoms with van der Waals surface area (Å²) in [6, 6.07) is 4.18. The zero-order chi connectivity index (χ0) is 10.8. The number of carbonyl (C=O) groups excluding carboxylic acids is 1. The molecule has 3 heteroatoms. The number of rotatable bonds is 4. The minimum absolute atomic E-state index is 0.200. The van der Waals surface area contributed by atoms with Crippen molar-refractivity contribution < 1.29 is 9.18 Å². The first-order valence-corrected chi connectivity index (χ1v) is 5.48. The predicted molar refractivity (Wildman–Crippen MR) is 57.5 cm³/mol. The molecule has 15 heavy (non-hydrogen) atoms. The maximum absolute atomic E-state index is 12.7. The first kappa shape index (κ1) is 10.6. The third-order valence-corrected chi connectivity index (χ3v) is 2.97. The fraction of sp³-hybridized carbons (Fsp3) is 0.417. The highest BCUT2D eigenvalue weighted by Crippen LogP contribution is 2.33. The Morgan fingerprint density at radius 2 is 2.20 bits per heavy atom. The number of halogens is 2. The zero-order valence-electron chi connectivity index (χ0n) is 8.30. The smallest absolute Gasteiger partial charge is 0.137 e. The molecule has 0 amide bonds. The van der Waals surface area contributed by atoms with Gasteiger partial charge in [-0.2, -0.15) is 0 Å². The Kier molecular flexibility index (Phi) is 3.06. The molecule has 0 atom stereocenters. The van der Waals surface area contributed by atoms with E-state index >= 15 is 0 Å². The first-order valence-electron chi connectivity index (χ1n) is 5.11. The molecule has 0 N–H and O–H groups in total. The maximum Gasteiger partial charge on any atom is 0.137 e. The predicted octanol–water partition coefficient (Wildman–Crippen LogP) is 3.39. The van der Waals surface area contributed by atoms with E-state index in [0.29, 0.717) is 23.8 Å². The normalized spacial score (nSPS) is 15.3. The van der Waals surface area contributed by atoms with Gasteiger partial charge in [0.15, 0.2) is 0 Å². The van der Waals surface area contributed by atoms with Gasteiger partial charge in [0.2, 0.25) is 0 Å². The summed E-state index contributed by atoms with van der Waals surface area (Å²) in [7, 11) is 0. The van der Waals surface area contributed by atoms with Gasteiger partial charge < -0.3 is 0 Å². The Hall–Kier alpha value is -0.890. The van der Waals surface area contributed by atoms with E-state index < -0.39 is 0 Å². The van der Waals surface area contributed by atoms with Gasteiger partial charge in [0.1, 0.15) is 11.6 Å². The van der Waals surface area contributed by atoms with Crippen LogP contribution in [0.3, 0.4) is 0 Å². The van der Waals surface area contributed by atoms with Crippen LogP contribution in [0.5, 0.6) is 0 Å². The third-order valence-electron chi connectivity index (χ3n) is 2.62. The summed E-state index contributed by atoms with van der Waals surface area (Å²) in [5.41, 5.74) is 0.726. The minimum Gasteiger partial charge on any atom is -0.299 e. The van der Waals surface area contributed by atoms with Crippen molar-refractivity contribution in [1.82, 2.24) is 0 Å². The molecule has 1 aromatic rings. The summed E-state index contributed by atoms with van der Waals surface area (Å²) in [5, 5.41) is 0.346. The average molecular weight is 227 g/mol. The fourth-order valence-corrected chi connectivity index (χ4v) is 1.83. The Labute approximate surface area is 93.2 Å². The van der Waals surface area contributed by atoms with Crippen LogP contribution in [-0.4, -0.2) is 5.78 Å². The monoisotopic (exact) mass is 226 g/mol. The largest absolute Gasteiger partial charge is 0.299 e. The maximum atomic E-state index is 12.7. The molecule has 0 spiro atoms. The molecule has 1 fully saturated rings. The van der Waals surface area contributed by atoms with Crippen LogP contribution in [0.1, 0.15) is 24.8 Å². The molecule has 0 heterocycles. The lowest BCUT2D eigenvalue weighted by Crippen LogP contribution is -2.04. The van der Waals surface area contributed by atoms with Crippen molar-refractivity contribution in [3.63, 3.8) is 0 Å². The van der Waals surface area contributed by atoms with E-state index in [1.54, 1.807) is 6.07 Å². The van der Waals surface area contributed by atoms with Crippen molar-refractivity contribution in [3.05, 3.63) is 34.6 Å². The molecule has 1 aliphatic rings. The molecule has 1 aliphatic carbocycles. The summed E-state index contributed by atoms with van der Waals surface area (Å²) in [4.78, 5) is 11.5. The van der Waals surface area contributed by atoms with Crippen LogP contribution in [-0.2, 0) is 11.2 Å². The average Bonchev–Trinajstić information content (AvgIpc) is 2.94. The second kappa shape index (κ2) is 4.31. The lowest BCUT2D eigenvalue weighted by Gasteiger charge is -2.03. The number of Topliss-reactive ketones (excluding diaryl/α,β-unsaturated/α-hetero) is 1. The highest BCUT2D eigenvalue weighted by atomic mass is 35.5. The van der Waals surface area contributed by atoms with Crippen molar-refractivity contribution in [2.45, 2.75) is 25.7 Å². The highest BCUT2D eigenvalue weighted by Gasteiger charge is 2.24. The van der Waals surface area contributed by atoms with Gasteiger partial charge >= 0.3 is 0 Å². The molecular weight excluding hydrogens is 215 g/mol. The Bertz CT molecular complexity index is 385. The molecule has 0 aromatic heterocycles. The molecular formula is C12H12ClFO. The van der Waals surface area contributed by atoms with Crippen LogP contribution in [0.2, 0.25) is 5.02 Å². The number of benzene rings is 1. The van der Waals surface area contributed by atoms with Crippen LogP contribution in [0.15, 0.2) is 18.2 Å². The topological polar surface area (TPSA) is 17.1 Å². The van der Waals surface area contributed by atoms with E-state index in [4.69, 9.17) is 11.6 Å². The Morgan fingerprint density at radius 3 is 2.80 bits per heavy atom. The number of ketones is 1. The molecule has 1 aromatic carbocycles. The van der Waals surface area contributed by atoms with Gasteiger partial charge in [-0.3, -0.25) is 4.79 Å². The number of hydrogen-bond donors (Lipinski definition) is 0. The Balaban J connectivity index is 1.99. The fourth-order valence-electron chi connectivity index (χ4n) is 1.59. The van der Waals surface area contributed by atoms with Gasteiger partial charge in [-0.05, 0) is 36.5 Å². The third kappa shape index (κ3) is 3.03. The van der Waals surface area contributed by atoms with Gasteiger partial charge in [0, 0.05) is 17.9 Å². The van der Waals surface area contributed by atoms with E-state index in [9.17, 15) is 9.18 Å². The van der Waals surface area contributed by atoms with Crippen molar-refractivity contribution in [1.29, 1.82) is 0 Å². The Morgan fingerprint density at radius 1 is 1.47 bits per heavy atom. The summed E-state index contributed by atoms with van der Waals surface area (Å²) in [6.07, 6.45) is 3.31. The van der Waals surface area contributed by atoms with Crippen LogP contribution >= 0.6 is 11.6 Å². The van der Waals surface area contributed by atoms with E-state index in [1.165, 1.54) is 25.0 Å². The molecule has 0 saturated heterocycles. The molecule has 2 rings (SSSR count). The summed E-state index contributed by atoms with van der Waals surface area (Å²) >= 11 is 5.83. The second-order valence-electron chi connectivity index (χ2n) is 4.10. The van der Waals surface area contributed by atoms with Gasteiger partial charge in [-0.1, -0.05) is 17.7 Å². The van der Waals surface area contributed by atoms with Crippen LogP contribution in [0, 0.1) is 11.7 Å². The first-order chi connectivity index (χ1) is 7.15. The lowest BCUT2D eigenvalue weighted by molar-refractivity contribution is -0.118. The van der Waals surface area contributed by atoms with Crippen LogP contribution in [0.25, 0.3) is 0 Å². The van der Waals surface area contributed by atoms with E-state index in [0.717, 1.165) is 5.56 Å². The van der Waals surface area contributed by atoms with Crippen molar-refractivity contribution in [3.8, 4) is 0 Å². The molecule has 0 unspecified atom stereocenters. The molecule has 1 nitrogen and oxygen atoms in total. The second-order valence-corrected chi connectivity index (χ2v) is 4.51. The quantitative estimate of drug-likeness (QED) is 0.769. The van der Waals surface area contributed by atoms with E-state index in [2.05, 4.69) is 0 Å². The summed E-state index contributed by atoms with van der Waals surface area (Å²) in [5.74, 6) is 0.432. The van der Waals surface area contributed by atoms with Gasteiger partial charge in [-0.15, -0.1) is 0 Å². The lowest BCUT2D eigenvalue weighted by atomic mass is 10.1. The molecule has 0 aliphatic heterocycles. The number of carbonyl (C=O) groups is 1. The van der Waals surface area contributed by atoms with E-state index in [-0.39, 0.29) is 11.6 Å². The van der Waals surface area contributed by atoms with Gasteiger partial charge in [0.25, 0.3) is 0 Å². The highest BCUT2D eigenvalue weighted by molar-refractivity contribution is 6.31. The molecule has 0 bridgehead atoms. The summed E-state index contributed by atoms with van der Waals surface area (Å²) in [6.45, 7) is 0. The summed E-state index contributed by atoms with van der Waals surface area (Å²) < 4.78 is 12.7. The van der Waals surface area contributed by atoms with Crippen LogP contribution in [0.4, 0.5) is 4.39 Å².